The molecule has 0 radical (unpaired) electrons. The Morgan fingerprint density at radius 3 is 2.21 bits per heavy atom. The number of hydrogen-bond acceptors (Lipinski definition) is 6. The quantitative estimate of drug-likeness (QED) is 0.512. The van der Waals surface area contributed by atoms with Gasteiger partial charge in [0.2, 0.25) is 5.75 Å². The Balaban J connectivity index is 2.01. The molecule has 0 spiro atoms. The molecule has 0 aliphatic rings. The highest BCUT2D eigenvalue weighted by Crippen LogP contribution is 2.42. The van der Waals surface area contributed by atoms with Crippen molar-refractivity contribution in [1.29, 1.82) is 0 Å². The van der Waals surface area contributed by atoms with E-state index < -0.39 is 0 Å². The van der Waals surface area contributed by atoms with E-state index in [4.69, 9.17) is 19.2 Å². The van der Waals surface area contributed by atoms with Crippen LogP contribution in [0.25, 0.3) is 33.5 Å². The first-order valence-corrected chi connectivity index (χ1v) is 9.13. The minimum absolute atomic E-state index is 0.540. The van der Waals surface area contributed by atoms with Crippen LogP contribution >= 0.6 is 0 Å². The van der Waals surface area contributed by atoms with Gasteiger partial charge in [-0.1, -0.05) is 6.07 Å². The molecule has 7 heteroatoms. The fourth-order valence-electron chi connectivity index (χ4n) is 3.44. The molecule has 3 aromatic heterocycles. The van der Waals surface area contributed by atoms with E-state index in [-0.39, 0.29) is 0 Å². The third-order valence-corrected chi connectivity index (χ3v) is 4.99. The van der Waals surface area contributed by atoms with Gasteiger partial charge in [0.15, 0.2) is 17.1 Å². The number of nitrogens with zero attached hydrogens (tertiary/aromatic N) is 4. The molecule has 0 aliphatic heterocycles. The molecule has 0 bridgehead atoms. The summed E-state index contributed by atoms with van der Waals surface area (Å²) < 4.78 is 18.3. The van der Waals surface area contributed by atoms with Crippen molar-refractivity contribution >= 4 is 11.0 Å². The summed E-state index contributed by atoms with van der Waals surface area (Å²) in [5, 5.41) is 5.58. The Morgan fingerprint density at radius 1 is 0.897 bits per heavy atom. The second-order valence-electron chi connectivity index (χ2n) is 6.59. The smallest absolute Gasteiger partial charge is 0.203 e. The SMILES string of the molecule is COc1cc(-c2cc(-c3ccccn3)c3c(C)n(C)nc3n2)cc(OC)c1OC. The summed E-state index contributed by atoms with van der Waals surface area (Å²) in [7, 11) is 6.69. The van der Waals surface area contributed by atoms with E-state index in [2.05, 4.69) is 10.1 Å². The molecule has 3 heterocycles. The topological polar surface area (TPSA) is 71.3 Å². The maximum atomic E-state index is 5.50. The van der Waals surface area contributed by atoms with E-state index in [1.165, 1.54) is 0 Å². The third-order valence-electron chi connectivity index (χ3n) is 4.99. The second kappa shape index (κ2) is 7.43. The Labute approximate surface area is 168 Å². The highest BCUT2D eigenvalue weighted by Gasteiger charge is 2.19. The highest BCUT2D eigenvalue weighted by molar-refractivity contribution is 5.96. The van der Waals surface area contributed by atoms with Crippen molar-refractivity contribution in [3.05, 3.63) is 48.3 Å². The van der Waals surface area contributed by atoms with Gasteiger partial charge in [-0.3, -0.25) is 9.67 Å². The lowest BCUT2D eigenvalue weighted by Gasteiger charge is -2.14. The normalized spacial score (nSPS) is 10.9. The zero-order valence-corrected chi connectivity index (χ0v) is 17.1. The van der Waals surface area contributed by atoms with E-state index in [1.54, 1.807) is 27.5 Å². The van der Waals surface area contributed by atoms with Gasteiger partial charge in [-0.05, 0) is 37.3 Å². The molecule has 0 fully saturated rings. The number of rotatable bonds is 5. The second-order valence-corrected chi connectivity index (χ2v) is 6.59. The van der Waals surface area contributed by atoms with E-state index in [1.807, 2.05) is 55.1 Å². The van der Waals surface area contributed by atoms with Crippen LogP contribution in [-0.4, -0.2) is 41.1 Å². The first-order valence-electron chi connectivity index (χ1n) is 9.13. The Hall–Kier alpha value is -3.61. The monoisotopic (exact) mass is 390 g/mol. The van der Waals surface area contributed by atoms with Crippen molar-refractivity contribution in [3.8, 4) is 39.8 Å². The number of pyridine rings is 2. The lowest BCUT2D eigenvalue weighted by Crippen LogP contribution is -1.97. The van der Waals surface area contributed by atoms with Crippen molar-refractivity contribution in [3.63, 3.8) is 0 Å². The Morgan fingerprint density at radius 2 is 1.62 bits per heavy atom. The molecular formula is C22H22N4O3. The van der Waals surface area contributed by atoms with E-state index in [0.717, 1.165) is 33.6 Å². The van der Waals surface area contributed by atoms with Crippen LogP contribution < -0.4 is 14.2 Å². The zero-order chi connectivity index (χ0) is 20.5. The average molecular weight is 390 g/mol. The summed E-state index contributed by atoms with van der Waals surface area (Å²) in [5.74, 6) is 1.68. The van der Waals surface area contributed by atoms with Crippen molar-refractivity contribution in [2.24, 2.45) is 7.05 Å². The van der Waals surface area contributed by atoms with Gasteiger partial charge in [-0.15, -0.1) is 0 Å². The number of aromatic nitrogens is 4. The predicted molar refractivity (Wildman–Crippen MR) is 112 cm³/mol. The van der Waals surface area contributed by atoms with Gasteiger partial charge in [-0.2, -0.15) is 5.10 Å². The molecule has 0 amide bonds. The molecule has 0 N–H and O–H groups in total. The molecule has 0 unspecified atom stereocenters. The fraction of sp³-hybridized carbons (Fsp3) is 0.227. The van der Waals surface area contributed by atoms with E-state index >= 15 is 0 Å². The molecule has 4 rings (SSSR count). The first kappa shape index (κ1) is 18.7. The van der Waals surface area contributed by atoms with Gasteiger partial charge in [-0.25, -0.2) is 4.98 Å². The Kier molecular flexibility index (Phi) is 4.80. The summed E-state index contributed by atoms with van der Waals surface area (Å²) in [6, 6.07) is 11.7. The van der Waals surface area contributed by atoms with Gasteiger partial charge in [0.25, 0.3) is 0 Å². The Bertz CT molecular complexity index is 1160. The summed E-state index contributed by atoms with van der Waals surface area (Å²) >= 11 is 0. The summed E-state index contributed by atoms with van der Waals surface area (Å²) in [6.07, 6.45) is 1.78. The molecule has 0 atom stereocenters. The number of fused-ring (bicyclic) bond motifs is 1. The van der Waals surface area contributed by atoms with Gasteiger partial charge in [0, 0.05) is 30.1 Å². The van der Waals surface area contributed by atoms with Gasteiger partial charge in [0.05, 0.1) is 38.1 Å². The minimum Gasteiger partial charge on any atom is -0.493 e. The maximum Gasteiger partial charge on any atom is 0.203 e. The number of methoxy groups -OCH3 is 3. The molecule has 0 saturated heterocycles. The lowest BCUT2D eigenvalue weighted by atomic mass is 10.0. The van der Waals surface area contributed by atoms with E-state index in [0.29, 0.717) is 22.9 Å². The fourth-order valence-corrected chi connectivity index (χ4v) is 3.44. The number of aryl methyl sites for hydroxylation is 2. The molecule has 148 valence electrons. The van der Waals surface area contributed by atoms with Crippen LogP contribution in [0.1, 0.15) is 5.69 Å². The van der Waals surface area contributed by atoms with Crippen LogP contribution in [0.5, 0.6) is 17.2 Å². The molecule has 0 aliphatic carbocycles. The van der Waals surface area contributed by atoms with Crippen LogP contribution in [0.15, 0.2) is 42.6 Å². The highest BCUT2D eigenvalue weighted by atomic mass is 16.5. The van der Waals surface area contributed by atoms with Crippen LogP contribution in [0.2, 0.25) is 0 Å². The van der Waals surface area contributed by atoms with Crippen molar-refractivity contribution < 1.29 is 14.2 Å². The summed E-state index contributed by atoms with van der Waals surface area (Å²) in [4.78, 5) is 9.35. The molecule has 1 aromatic carbocycles. The first-order chi connectivity index (χ1) is 14.1. The molecule has 7 nitrogen and oxygen atoms in total. The van der Waals surface area contributed by atoms with Gasteiger partial charge >= 0.3 is 0 Å². The molecular weight excluding hydrogens is 368 g/mol. The summed E-state index contributed by atoms with van der Waals surface area (Å²) in [6.45, 7) is 2.03. The molecule has 29 heavy (non-hydrogen) atoms. The average Bonchev–Trinajstić information content (AvgIpc) is 3.06. The standard InChI is InChI=1S/C22H22N4O3/c1-13-20-15(16-8-6-7-9-23-16)12-17(24-22(20)25-26(13)2)14-10-18(27-3)21(29-5)19(11-14)28-4/h6-12H,1-5H3. The lowest BCUT2D eigenvalue weighted by molar-refractivity contribution is 0.324. The zero-order valence-electron chi connectivity index (χ0n) is 17.1. The number of hydrogen-bond donors (Lipinski definition) is 0. The largest absolute Gasteiger partial charge is 0.493 e. The van der Waals surface area contributed by atoms with Crippen LogP contribution in [0, 0.1) is 6.92 Å². The van der Waals surface area contributed by atoms with Crippen molar-refractivity contribution in [1.82, 2.24) is 19.7 Å². The maximum absolute atomic E-state index is 5.50. The minimum atomic E-state index is 0.540. The number of ether oxygens (including phenoxy) is 3. The van der Waals surface area contributed by atoms with Crippen LogP contribution in [0.4, 0.5) is 0 Å². The van der Waals surface area contributed by atoms with Gasteiger partial charge < -0.3 is 14.2 Å². The van der Waals surface area contributed by atoms with Crippen LogP contribution in [0.3, 0.4) is 0 Å². The van der Waals surface area contributed by atoms with Crippen LogP contribution in [-0.2, 0) is 7.05 Å². The van der Waals surface area contributed by atoms with E-state index in [9.17, 15) is 0 Å². The summed E-state index contributed by atoms with van der Waals surface area (Å²) in [5.41, 5.74) is 5.12. The molecule has 4 aromatic rings. The van der Waals surface area contributed by atoms with Crippen molar-refractivity contribution in [2.75, 3.05) is 21.3 Å². The molecule has 0 saturated carbocycles. The predicted octanol–water partition coefficient (Wildman–Crippen LogP) is 4.03. The third kappa shape index (κ3) is 3.14. The number of benzene rings is 1. The van der Waals surface area contributed by atoms with Crippen molar-refractivity contribution in [2.45, 2.75) is 6.92 Å². The van der Waals surface area contributed by atoms with Gasteiger partial charge in [0.1, 0.15) is 0 Å².